The molecule has 0 rings (SSSR count). The Bertz CT molecular complexity index is 147. The van der Waals surface area contributed by atoms with Crippen molar-refractivity contribution in [2.24, 2.45) is 5.73 Å². The second-order valence-electron chi connectivity index (χ2n) is 2.10. The summed E-state index contributed by atoms with van der Waals surface area (Å²) in [4.78, 5) is 20.9. The zero-order chi connectivity index (χ0) is 8.69. The molecule has 0 radical (unpaired) electrons. The lowest BCUT2D eigenvalue weighted by molar-refractivity contribution is -0.124. The van der Waals surface area contributed by atoms with Gasteiger partial charge in [-0.25, -0.2) is 0 Å². The summed E-state index contributed by atoms with van der Waals surface area (Å²) in [5.74, 6) is -0.694. The first kappa shape index (κ1) is 9.90. The first-order valence-electron chi connectivity index (χ1n) is 3.36. The number of amides is 2. The Morgan fingerprint density at radius 1 is 1.45 bits per heavy atom. The smallest absolute Gasteiger partial charge is 0.236 e. The minimum Gasteiger partial charge on any atom is -0.368 e. The van der Waals surface area contributed by atoms with Gasteiger partial charge in [-0.3, -0.25) is 9.59 Å². The molecule has 0 aliphatic rings. The van der Waals surface area contributed by atoms with Crippen molar-refractivity contribution in [3.63, 3.8) is 0 Å². The maximum absolute atomic E-state index is 10.7. The third-order valence-electron chi connectivity index (χ3n) is 1.06. The van der Waals surface area contributed by atoms with E-state index in [0.29, 0.717) is 13.0 Å². The van der Waals surface area contributed by atoms with E-state index in [1.54, 1.807) is 7.05 Å². The molecule has 2 amide bonds. The summed E-state index contributed by atoms with van der Waals surface area (Å²) in [5.41, 5.74) is 4.80. The Balaban J connectivity index is 3.30. The van der Waals surface area contributed by atoms with Crippen LogP contribution in [0.5, 0.6) is 0 Å². The van der Waals surface area contributed by atoms with Gasteiger partial charge in [0.05, 0.1) is 6.54 Å². The largest absolute Gasteiger partial charge is 0.368 e. The van der Waals surface area contributed by atoms with E-state index in [-0.39, 0.29) is 12.5 Å². The number of hydrogen-bond donors (Lipinski definition) is 3. The van der Waals surface area contributed by atoms with E-state index in [2.05, 4.69) is 10.6 Å². The highest BCUT2D eigenvalue weighted by Gasteiger charge is 2.00. The minimum absolute atomic E-state index is 0.0808. The molecule has 0 aromatic heterocycles. The van der Waals surface area contributed by atoms with Crippen LogP contribution in [-0.2, 0) is 9.59 Å². The third-order valence-corrected chi connectivity index (χ3v) is 1.06. The second kappa shape index (κ2) is 5.67. The minimum atomic E-state index is -0.525. The molecule has 0 bridgehead atoms. The monoisotopic (exact) mass is 159 g/mol. The lowest BCUT2D eigenvalue weighted by Crippen LogP contribution is -2.34. The summed E-state index contributed by atoms with van der Waals surface area (Å²) in [7, 11) is 1.75. The van der Waals surface area contributed by atoms with Gasteiger partial charge in [0.2, 0.25) is 11.8 Å². The van der Waals surface area contributed by atoms with Crippen LogP contribution in [-0.4, -0.2) is 32.0 Å². The average Bonchev–Trinajstić information content (AvgIpc) is 1.97. The molecule has 0 aromatic carbocycles. The number of rotatable bonds is 5. The molecule has 0 heterocycles. The van der Waals surface area contributed by atoms with E-state index in [1.165, 1.54) is 0 Å². The van der Waals surface area contributed by atoms with Gasteiger partial charge in [-0.1, -0.05) is 0 Å². The fraction of sp³-hybridized carbons (Fsp3) is 0.667. The van der Waals surface area contributed by atoms with E-state index < -0.39 is 5.91 Å². The molecule has 0 unspecified atom stereocenters. The number of carbonyl (C=O) groups excluding carboxylic acids is 2. The maximum atomic E-state index is 10.7. The molecule has 11 heavy (non-hydrogen) atoms. The van der Waals surface area contributed by atoms with Crippen LogP contribution in [0.2, 0.25) is 0 Å². The molecule has 64 valence electrons. The molecular formula is C6H13N3O2. The maximum Gasteiger partial charge on any atom is 0.236 e. The van der Waals surface area contributed by atoms with Crippen LogP contribution in [0.3, 0.4) is 0 Å². The standard InChI is InChI=1S/C6H13N3O2/c1-8-3-2-6(11)9-4-5(7)10/h8H,2-4H2,1H3,(H2,7,10)(H,9,11). The molecule has 0 aliphatic carbocycles. The van der Waals surface area contributed by atoms with Crippen LogP contribution in [0.25, 0.3) is 0 Å². The summed E-state index contributed by atoms with van der Waals surface area (Å²) >= 11 is 0. The Morgan fingerprint density at radius 3 is 2.55 bits per heavy atom. The normalized spacial score (nSPS) is 9.18. The van der Waals surface area contributed by atoms with E-state index >= 15 is 0 Å². The summed E-state index contributed by atoms with van der Waals surface area (Å²) in [6.45, 7) is 0.521. The van der Waals surface area contributed by atoms with Crippen molar-refractivity contribution < 1.29 is 9.59 Å². The molecule has 5 heteroatoms. The van der Waals surface area contributed by atoms with Crippen LogP contribution in [0.1, 0.15) is 6.42 Å². The van der Waals surface area contributed by atoms with Crippen molar-refractivity contribution in [2.75, 3.05) is 20.1 Å². The summed E-state index contributed by atoms with van der Waals surface area (Å²) < 4.78 is 0. The first-order chi connectivity index (χ1) is 5.16. The predicted octanol–water partition coefficient (Wildman–Crippen LogP) is -1.80. The summed E-state index contributed by atoms with van der Waals surface area (Å²) in [6.07, 6.45) is 0.365. The zero-order valence-corrected chi connectivity index (χ0v) is 6.52. The lowest BCUT2D eigenvalue weighted by Gasteiger charge is -2.00. The van der Waals surface area contributed by atoms with Gasteiger partial charge >= 0.3 is 0 Å². The molecule has 0 saturated carbocycles. The molecule has 0 fully saturated rings. The molecule has 5 nitrogen and oxygen atoms in total. The Hall–Kier alpha value is -1.10. The summed E-state index contributed by atoms with van der Waals surface area (Å²) in [5, 5.41) is 5.17. The SMILES string of the molecule is CNCCC(=O)NCC(N)=O. The van der Waals surface area contributed by atoms with E-state index in [1.807, 2.05) is 0 Å². The zero-order valence-electron chi connectivity index (χ0n) is 6.52. The first-order valence-corrected chi connectivity index (χ1v) is 3.36. The van der Waals surface area contributed by atoms with Crippen molar-refractivity contribution in [3.8, 4) is 0 Å². The Labute approximate surface area is 65.3 Å². The molecule has 4 N–H and O–H groups in total. The fourth-order valence-corrected chi connectivity index (χ4v) is 0.513. The van der Waals surface area contributed by atoms with Gasteiger partial charge in [0.1, 0.15) is 0 Å². The lowest BCUT2D eigenvalue weighted by atomic mass is 10.4. The van der Waals surface area contributed by atoms with Gasteiger partial charge in [0.25, 0.3) is 0 Å². The van der Waals surface area contributed by atoms with Gasteiger partial charge < -0.3 is 16.4 Å². The molecular weight excluding hydrogens is 146 g/mol. The molecule has 0 atom stereocenters. The van der Waals surface area contributed by atoms with Crippen LogP contribution in [0.4, 0.5) is 0 Å². The number of nitrogens with one attached hydrogen (secondary N) is 2. The molecule has 0 saturated heterocycles. The van der Waals surface area contributed by atoms with Gasteiger partial charge in [-0.15, -0.1) is 0 Å². The highest BCUT2D eigenvalue weighted by Crippen LogP contribution is 1.74. The number of hydrogen-bond acceptors (Lipinski definition) is 3. The van der Waals surface area contributed by atoms with Gasteiger partial charge in [0.15, 0.2) is 0 Å². The van der Waals surface area contributed by atoms with Crippen molar-refractivity contribution in [1.29, 1.82) is 0 Å². The van der Waals surface area contributed by atoms with Crippen LogP contribution in [0.15, 0.2) is 0 Å². The van der Waals surface area contributed by atoms with Gasteiger partial charge in [-0.2, -0.15) is 0 Å². The topological polar surface area (TPSA) is 84.2 Å². The molecule has 0 spiro atoms. The van der Waals surface area contributed by atoms with E-state index in [9.17, 15) is 9.59 Å². The molecule has 0 aliphatic heterocycles. The van der Waals surface area contributed by atoms with Crippen molar-refractivity contribution in [2.45, 2.75) is 6.42 Å². The highest BCUT2D eigenvalue weighted by molar-refractivity contribution is 5.83. The van der Waals surface area contributed by atoms with Crippen LogP contribution in [0, 0.1) is 0 Å². The van der Waals surface area contributed by atoms with E-state index in [0.717, 1.165) is 0 Å². The summed E-state index contributed by atoms with van der Waals surface area (Å²) in [6, 6.07) is 0. The number of nitrogens with two attached hydrogens (primary N) is 1. The quantitative estimate of drug-likeness (QED) is 0.442. The van der Waals surface area contributed by atoms with Crippen molar-refractivity contribution >= 4 is 11.8 Å². The highest BCUT2D eigenvalue weighted by atomic mass is 16.2. The Morgan fingerprint density at radius 2 is 2.09 bits per heavy atom. The van der Waals surface area contributed by atoms with Gasteiger partial charge in [-0.05, 0) is 7.05 Å². The van der Waals surface area contributed by atoms with E-state index in [4.69, 9.17) is 5.73 Å². The predicted molar refractivity (Wildman–Crippen MR) is 40.7 cm³/mol. The van der Waals surface area contributed by atoms with Crippen molar-refractivity contribution in [3.05, 3.63) is 0 Å². The third kappa shape index (κ3) is 6.79. The second-order valence-corrected chi connectivity index (χ2v) is 2.10. The van der Waals surface area contributed by atoms with Crippen molar-refractivity contribution in [1.82, 2.24) is 10.6 Å². The van der Waals surface area contributed by atoms with Crippen LogP contribution < -0.4 is 16.4 Å². The molecule has 0 aromatic rings. The number of primary amides is 1. The van der Waals surface area contributed by atoms with Crippen LogP contribution >= 0.6 is 0 Å². The Kier molecular flexibility index (Phi) is 5.10. The average molecular weight is 159 g/mol. The fourth-order valence-electron chi connectivity index (χ4n) is 0.513. The number of carbonyl (C=O) groups is 2. The van der Waals surface area contributed by atoms with Gasteiger partial charge in [0, 0.05) is 13.0 Å².